The minimum absolute atomic E-state index is 0.00531. The van der Waals surface area contributed by atoms with Crippen LogP contribution in [0.15, 0.2) is 39.9 Å². The van der Waals surface area contributed by atoms with Crippen molar-refractivity contribution in [3.05, 3.63) is 62.3 Å². The Morgan fingerprint density at radius 2 is 2.00 bits per heavy atom. The molecule has 8 heteroatoms. The van der Waals surface area contributed by atoms with Gasteiger partial charge in [0.05, 0.1) is 6.54 Å². The Balaban J connectivity index is 2.12. The Labute approximate surface area is 150 Å². The lowest BCUT2D eigenvalue weighted by atomic mass is 10.1. The zero-order valence-electron chi connectivity index (χ0n) is 14.7. The average Bonchev–Trinajstić information content (AvgIpc) is 2.62. The zero-order chi connectivity index (χ0) is 18.8. The van der Waals surface area contributed by atoms with E-state index >= 15 is 0 Å². The molecule has 1 atom stereocenters. The van der Waals surface area contributed by atoms with Gasteiger partial charge in [0.1, 0.15) is 5.82 Å². The number of benzene rings is 1. The lowest BCUT2D eigenvalue weighted by molar-refractivity contribution is 0.0999. The van der Waals surface area contributed by atoms with Crippen molar-refractivity contribution >= 4 is 11.7 Å². The van der Waals surface area contributed by atoms with E-state index in [0.717, 1.165) is 24.0 Å². The monoisotopic (exact) mass is 357 g/mol. The highest BCUT2D eigenvalue weighted by Gasteiger charge is 2.22. The van der Waals surface area contributed by atoms with Crippen LogP contribution >= 0.6 is 0 Å². The van der Waals surface area contributed by atoms with Gasteiger partial charge >= 0.3 is 5.69 Å². The molecular weight excluding hydrogens is 334 g/mol. The molecule has 26 heavy (non-hydrogen) atoms. The molecule has 8 nitrogen and oxygen atoms in total. The lowest BCUT2D eigenvalue weighted by Crippen LogP contribution is -2.47. The van der Waals surface area contributed by atoms with Gasteiger partial charge in [-0.2, -0.15) is 0 Å². The molecule has 3 rings (SSSR count). The summed E-state index contributed by atoms with van der Waals surface area (Å²) in [5.41, 5.74) is 11.7. The fraction of sp³-hybridized carbons (Fsp3) is 0.389. The number of nitrogens with two attached hydrogens (primary N) is 2. The van der Waals surface area contributed by atoms with E-state index in [4.69, 9.17) is 11.5 Å². The van der Waals surface area contributed by atoms with Crippen LogP contribution in [0.4, 0.5) is 5.82 Å². The molecule has 0 spiro atoms. The van der Waals surface area contributed by atoms with E-state index in [2.05, 4.69) is 0 Å². The minimum Gasteiger partial charge on any atom is -0.366 e. The van der Waals surface area contributed by atoms with Crippen molar-refractivity contribution in [1.82, 2.24) is 9.13 Å². The first-order valence-corrected chi connectivity index (χ1v) is 8.57. The highest BCUT2D eigenvalue weighted by atomic mass is 16.2. The number of carbonyl (C=O) groups is 1. The highest BCUT2D eigenvalue weighted by molar-refractivity contribution is 5.94. The molecule has 2 aromatic rings. The van der Waals surface area contributed by atoms with E-state index in [-0.39, 0.29) is 18.1 Å². The maximum atomic E-state index is 12.8. The number of primary amides is 1. The van der Waals surface area contributed by atoms with Crippen LogP contribution in [0, 0.1) is 0 Å². The van der Waals surface area contributed by atoms with E-state index in [1.807, 2.05) is 4.90 Å². The third-order valence-electron chi connectivity index (χ3n) is 4.77. The van der Waals surface area contributed by atoms with Crippen molar-refractivity contribution in [3.63, 3.8) is 0 Å². The van der Waals surface area contributed by atoms with Crippen LogP contribution in [0.1, 0.15) is 28.8 Å². The first-order valence-electron chi connectivity index (χ1n) is 8.57. The summed E-state index contributed by atoms with van der Waals surface area (Å²) in [6, 6.07) is 8.33. The molecule has 1 fully saturated rings. The summed E-state index contributed by atoms with van der Waals surface area (Å²) in [7, 11) is 1.44. The van der Waals surface area contributed by atoms with Gasteiger partial charge in [0.15, 0.2) is 0 Å². The number of anilines is 1. The maximum absolute atomic E-state index is 12.8. The van der Waals surface area contributed by atoms with Crippen molar-refractivity contribution in [2.75, 3.05) is 18.0 Å². The summed E-state index contributed by atoms with van der Waals surface area (Å²) in [5, 5.41) is 0. The van der Waals surface area contributed by atoms with Gasteiger partial charge in [-0.25, -0.2) is 4.79 Å². The first kappa shape index (κ1) is 17.9. The largest absolute Gasteiger partial charge is 0.366 e. The summed E-state index contributed by atoms with van der Waals surface area (Å²) < 4.78 is 2.56. The second kappa shape index (κ2) is 7.17. The maximum Gasteiger partial charge on any atom is 0.332 e. The summed E-state index contributed by atoms with van der Waals surface area (Å²) in [5.74, 6) is -0.0347. The van der Waals surface area contributed by atoms with E-state index in [9.17, 15) is 14.4 Å². The zero-order valence-corrected chi connectivity index (χ0v) is 14.7. The lowest BCUT2D eigenvalue weighted by Gasteiger charge is -2.34. The molecular formula is C18H23N5O3. The van der Waals surface area contributed by atoms with Crippen LogP contribution in [0.2, 0.25) is 0 Å². The van der Waals surface area contributed by atoms with Crippen molar-refractivity contribution in [2.24, 2.45) is 18.5 Å². The Morgan fingerprint density at radius 3 is 2.69 bits per heavy atom. The fourth-order valence-corrected chi connectivity index (χ4v) is 3.36. The van der Waals surface area contributed by atoms with Crippen molar-refractivity contribution in [1.29, 1.82) is 0 Å². The summed E-state index contributed by atoms with van der Waals surface area (Å²) in [6.45, 7) is 1.44. The van der Waals surface area contributed by atoms with Gasteiger partial charge < -0.3 is 16.4 Å². The van der Waals surface area contributed by atoms with Crippen molar-refractivity contribution < 1.29 is 4.79 Å². The number of amides is 1. The second-order valence-electron chi connectivity index (χ2n) is 6.64. The predicted octanol–water partition coefficient (Wildman–Crippen LogP) is -0.378. The van der Waals surface area contributed by atoms with Crippen LogP contribution in [-0.2, 0) is 13.6 Å². The van der Waals surface area contributed by atoms with Crippen molar-refractivity contribution in [3.8, 4) is 0 Å². The molecule has 1 aliphatic rings. The molecule has 0 aliphatic carbocycles. The van der Waals surface area contributed by atoms with E-state index < -0.39 is 11.6 Å². The highest BCUT2D eigenvalue weighted by Crippen LogP contribution is 2.19. The number of nitrogens with zero attached hydrogens (tertiary/aromatic N) is 3. The molecule has 1 amide bonds. The molecule has 0 bridgehead atoms. The van der Waals surface area contributed by atoms with Crippen LogP contribution in [0.5, 0.6) is 0 Å². The van der Waals surface area contributed by atoms with Crippen molar-refractivity contribution in [2.45, 2.75) is 25.4 Å². The normalized spacial score (nSPS) is 17.3. The first-order chi connectivity index (χ1) is 12.4. The minimum atomic E-state index is -0.556. The standard InChI is InChI=1S/C18H23N5O3/c1-21-16(24)9-15(22-8-4-6-13(19)11-22)23(18(21)26)10-12-5-2-3-7-14(12)17(20)25/h2-3,5,7,9,13H,4,6,8,10-11,19H2,1H3,(H2,20,25)/t13-/m1/s1. The Morgan fingerprint density at radius 1 is 1.27 bits per heavy atom. The van der Waals surface area contributed by atoms with Gasteiger partial charge in [-0.3, -0.25) is 18.7 Å². The summed E-state index contributed by atoms with van der Waals surface area (Å²) in [6.07, 6.45) is 1.80. The van der Waals surface area contributed by atoms with Gasteiger partial charge in [0.2, 0.25) is 5.91 Å². The third kappa shape index (κ3) is 3.41. The Kier molecular flexibility index (Phi) is 4.94. The van der Waals surface area contributed by atoms with Crippen LogP contribution < -0.4 is 27.6 Å². The number of aromatic nitrogens is 2. The predicted molar refractivity (Wildman–Crippen MR) is 99.4 cm³/mol. The van der Waals surface area contributed by atoms with Crippen LogP contribution in [-0.4, -0.2) is 34.2 Å². The molecule has 0 radical (unpaired) electrons. The number of hydrogen-bond donors (Lipinski definition) is 2. The Hall–Kier alpha value is -2.87. The fourth-order valence-electron chi connectivity index (χ4n) is 3.36. The smallest absolute Gasteiger partial charge is 0.332 e. The van der Waals surface area contributed by atoms with Crippen LogP contribution in [0.3, 0.4) is 0 Å². The summed E-state index contributed by atoms with van der Waals surface area (Å²) >= 11 is 0. The molecule has 138 valence electrons. The van der Waals surface area contributed by atoms with Crippen LogP contribution in [0.25, 0.3) is 0 Å². The number of carbonyl (C=O) groups excluding carboxylic acids is 1. The number of rotatable bonds is 4. The number of piperidine rings is 1. The van der Waals surface area contributed by atoms with Gasteiger partial charge in [-0.1, -0.05) is 18.2 Å². The molecule has 0 saturated carbocycles. The SMILES string of the molecule is Cn1c(=O)cc(N2CCC[C@@H](N)C2)n(Cc2ccccc2C(N)=O)c1=O. The van der Waals surface area contributed by atoms with E-state index in [1.54, 1.807) is 24.3 Å². The molecule has 0 unspecified atom stereocenters. The van der Waals surface area contributed by atoms with E-state index in [0.29, 0.717) is 23.5 Å². The topological polar surface area (TPSA) is 116 Å². The quantitative estimate of drug-likeness (QED) is 0.774. The van der Waals surface area contributed by atoms with Gasteiger partial charge in [-0.05, 0) is 24.5 Å². The third-order valence-corrected chi connectivity index (χ3v) is 4.77. The molecule has 1 aromatic carbocycles. The molecule has 1 saturated heterocycles. The molecule has 2 heterocycles. The Bertz CT molecular complexity index is 947. The molecule has 1 aromatic heterocycles. The molecule has 1 aliphatic heterocycles. The average molecular weight is 357 g/mol. The number of hydrogen-bond acceptors (Lipinski definition) is 5. The summed E-state index contributed by atoms with van der Waals surface area (Å²) in [4.78, 5) is 38.6. The van der Waals surface area contributed by atoms with Gasteiger partial charge in [0.25, 0.3) is 5.56 Å². The van der Waals surface area contributed by atoms with E-state index in [1.165, 1.54) is 17.7 Å². The van der Waals surface area contributed by atoms with Gasteiger partial charge in [0, 0.05) is 37.8 Å². The van der Waals surface area contributed by atoms with Gasteiger partial charge in [-0.15, -0.1) is 0 Å². The second-order valence-corrected chi connectivity index (χ2v) is 6.64. The molecule has 4 N–H and O–H groups in total.